The number of carbonyl (C=O) groups is 1. The van der Waals surface area contributed by atoms with Crippen LogP contribution >= 0.6 is 0 Å². The van der Waals surface area contributed by atoms with E-state index in [-0.39, 0.29) is 11.6 Å². The summed E-state index contributed by atoms with van der Waals surface area (Å²) in [6, 6.07) is 10.6. The van der Waals surface area contributed by atoms with Gasteiger partial charge in [-0.15, -0.1) is 0 Å². The molecular weight excluding hydrogens is 286 g/mol. The van der Waals surface area contributed by atoms with Crippen LogP contribution in [0.2, 0.25) is 0 Å². The van der Waals surface area contributed by atoms with E-state index in [4.69, 9.17) is 0 Å². The highest BCUT2D eigenvalue weighted by Crippen LogP contribution is 2.37. The molecule has 2 aliphatic rings. The van der Waals surface area contributed by atoms with Crippen LogP contribution in [0.25, 0.3) is 0 Å². The molecule has 0 atom stereocenters. The van der Waals surface area contributed by atoms with E-state index < -0.39 is 0 Å². The van der Waals surface area contributed by atoms with Crippen LogP contribution in [0.15, 0.2) is 30.3 Å². The average Bonchev–Trinajstić information content (AvgIpc) is 3.01. The number of benzene rings is 1. The summed E-state index contributed by atoms with van der Waals surface area (Å²) in [5.74, 6) is 0. The quantitative estimate of drug-likeness (QED) is 0.867. The van der Waals surface area contributed by atoms with Crippen LogP contribution in [0, 0.1) is 0 Å². The van der Waals surface area contributed by atoms with Gasteiger partial charge in [0.1, 0.15) is 0 Å². The summed E-state index contributed by atoms with van der Waals surface area (Å²) in [5, 5.41) is 3.16. The van der Waals surface area contributed by atoms with E-state index in [9.17, 15) is 4.79 Å². The topological polar surface area (TPSA) is 35.6 Å². The molecule has 2 amide bonds. The lowest BCUT2D eigenvalue weighted by molar-refractivity contribution is 0.0397. The third kappa shape index (κ3) is 3.86. The summed E-state index contributed by atoms with van der Waals surface area (Å²) in [4.78, 5) is 17.2. The molecule has 0 unspecified atom stereocenters. The normalized spacial score (nSPS) is 20.8. The van der Waals surface area contributed by atoms with Gasteiger partial charge < -0.3 is 15.1 Å². The van der Waals surface area contributed by atoms with E-state index in [1.165, 1.54) is 18.4 Å². The SMILES string of the molecule is CN1CCN(C(=O)NCCCc2ccccc2)C2(CCCC2)C1. The molecular formula is C19H29N3O. The fourth-order valence-electron chi connectivity index (χ4n) is 4.18. The van der Waals surface area contributed by atoms with E-state index in [0.717, 1.165) is 51.9 Å². The molecule has 4 heteroatoms. The maximum atomic E-state index is 12.7. The molecule has 23 heavy (non-hydrogen) atoms. The van der Waals surface area contributed by atoms with Crippen LogP contribution in [0.5, 0.6) is 0 Å². The Bertz CT molecular complexity index is 511. The van der Waals surface area contributed by atoms with Crippen molar-refractivity contribution in [3.63, 3.8) is 0 Å². The van der Waals surface area contributed by atoms with E-state index in [2.05, 4.69) is 46.4 Å². The van der Waals surface area contributed by atoms with Crippen LogP contribution in [0.3, 0.4) is 0 Å². The Labute approximate surface area is 139 Å². The third-order valence-corrected chi connectivity index (χ3v) is 5.38. The molecule has 2 fully saturated rings. The molecule has 1 aromatic carbocycles. The van der Waals surface area contributed by atoms with Crippen molar-refractivity contribution < 1.29 is 4.79 Å². The molecule has 0 aromatic heterocycles. The Hall–Kier alpha value is -1.55. The van der Waals surface area contributed by atoms with E-state index in [1.54, 1.807) is 0 Å². The molecule has 1 aliphatic heterocycles. The molecule has 0 radical (unpaired) electrons. The molecule has 1 aromatic rings. The minimum absolute atomic E-state index is 0.0938. The molecule has 126 valence electrons. The second kappa shape index (κ2) is 7.35. The number of rotatable bonds is 4. The standard InChI is InChI=1S/C19H29N3O/c1-21-14-15-22(19(16-21)11-5-6-12-19)18(23)20-13-7-10-17-8-3-2-4-9-17/h2-4,8-9H,5-7,10-16H2,1H3,(H,20,23). The molecule has 1 saturated heterocycles. The first-order valence-corrected chi connectivity index (χ1v) is 8.98. The van der Waals surface area contributed by atoms with Crippen LogP contribution in [-0.2, 0) is 6.42 Å². The van der Waals surface area contributed by atoms with Crippen LogP contribution < -0.4 is 5.32 Å². The van der Waals surface area contributed by atoms with Crippen LogP contribution in [-0.4, -0.2) is 54.6 Å². The van der Waals surface area contributed by atoms with Crippen molar-refractivity contribution in [3.05, 3.63) is 35.9 Å². The first-order valence-electron chi connectivity index (χ1n) is 8.98. The highest BCUT2D eigenvalue weighted by molar-refractivity contribution is 5.75. The highest BCUT2D eigenvalue weighted by atomic mass is 16.2. The second-order valence-electron chi connectivity index (χ2n) is 7.14. The van der Waals surface area contributed by atoms with Crippen molar-refractivity contribution in [2.45, 2.75) is 44.1 Å². The predicted octanol–water partition coefficient (Wildman–Crippen LogP) is 2.89. The minimum atomic E-state index is 0.0938. The number of nitrogens with zero attached hydrogens (tertiary/aromatic N) is 2. The van der Waals surface area contributed by atoms with Gasteiger partial charge in [0.25, 0.3) is 0 Å². The lowest BCUT2D eigenvalue weighted by Gasteiger charge is -2.48. The molecule has 3 rings (SSSR count). The van der Waals surface area contributed by atoms with Gasteiger partial charge in [-0.1, -0.05) is 43.2 Å². The van der Waals surface area contributed by atoms with Gasteiger partial charge in [0, 0.05) is 26.2 Å². The summed E-state index contributed by atoms with van der Waals surface area (Å²) in [5.41, 5.74) is 1.44. The molecule has 0 bridgehead atoms. The van der Waals surface area contributed by atoms with Crippen molar-refractivity contribution in [2.24, 2.45) is 0 Å². The van der Waals surface area contributed by atoms with Crippen molar-refractivity contribution >= 4 is 6.03 Å². The monoisotopic (exact) mass is 315 g/mol. The maximum absolute atomic E-state index is 12.7. The number of likely N-dealkylation sites (N-methyl/N-ethyl adjacent to an activating group) is 1. The number of hydrogen-bond acceptors (Lipinski definition) is 2. The smallest absolute Gasteiger partial charge is 0.317 e. The number of amides is 2. The van der Waals surface area contributed by atoms with Gasteiger partial charge in [-0.05, 0) is 38.3 Å². The van der Waals surface area contributed by atoms with Gasteiger partial charge in [-0.25, -0.2) is 4.79 Å². The summed E-state index contributed by atoms with van der Waals surface area (Å²) in [7, 11) is 2.18. The van der Waals surface area contributed by atoms with Gasteiger partial charge in [-0.2, -0.15) is 0 Å². The third-order valence-electron chi connectivity index (χ3n) is 5.38. The summed E-state index contributed by atoms with van der Waals surface area (Å²) in [6.45, 7) is 3.64. The van der Waals surface area contributed by atoms with E-state index in [0.29, 0.717) is 0 Å². The molecule has 4 nitrogen and oxygen atoms in total. The van der Waals surface area contributed by atoms with Gasteiger partial charge in [0.2, 0.25) is 0 Å². The number of urea groups is 1. The van der Waals surface area contributed by atoms with E-state index in [1.807, 2.05) is 6.07 Å². The number of aryl methyl sites for hydroxylation is 1. The molecule has 1 heterocycles. The Kier molecular flexibility index (Phi) is 5.21. The molecule has 1 aliphatic carbocycles. The summed E-state index contributed by atoms with van der Waals surface area (Å²) in [6.07, 6.45) is 6.85. The number of carbonyl (C=O) groups excluding carboxylic acids is 1. The molecule has 1 N–H and O–H groups in total. The fourth-order valence-corrected chi connectivity index (χ4v) is 4.18. The Morgan fingerprint density at radius 2 is 1.91 bits per heavy atom. The van der Waals surface area contributed by atoms with Gasteiger partial charge >= 0.3 is 6.03 Å². The molecule has 1 spiro atoms. The lowest BCUT2D eigenvalue weighted by Crippen LogP contribution is -2.63. The first-order chi connectivity index (χ1) is 11.2. The fraction of sp³-hybridized carbons (Fsp3) is 0.632. The number of nitrogens with one attached hydrogen (secondary N) is 1. The highest BCUT2D eigenvalue weighted by Gasteiger charge is 2.44. The maximum Gasteiger partial charge on any atom is 0.317 e. The number of hydrogen-bond donors (Lipinski definition) is 1. The van der Waals surface area contributed by atoms with Gasteiger partial charge in [-0.3, -0.25) is 0 Å². The molecule has 1 saturated carbocycles. The largest absolute Gasteiger partial charge is 0.338 e. The predicted molar refractivity (Wildman–Crippen MR) is 93.6 cm³/mol. The number of piperazine rings is 1. The Morgan fingerprint density at radius 1 is 1.17 bits per heavy atom. The lowest BCUT2D eigenvalue weighted by atomic mass is 9.92. The zero-order valence-corrected chi connectivity index (χ0v) is 14.3. The van der Waals surface area contributed by atoms with Gasteiger partial charge in [0.05, 0.1) is 5.54 Å². The second-order valence-corrected chi connectivity index (χ2v) is 7.14. The Morgan fingerprint density at radius 3 is 2.65 bits per heavy atom. The van der Waals surface area contributed by atoms with Gasteiger partial charge in [0.15, 0.2) is 0 Å². The first kappa shape index (κ1) is 16.3. The van der Waals surface area contributed by atoms with Crippen molar-refractivity contribution in [3.8, 4) is 0 Å². The average molecular weight is 315 g/mol. The van der Waals surface area contributed by atoms with Crippen molar-refractivity contribution in [2.75, 3.05) is 33.2 Å². The van der Waals surface area contributed by atoms with Crippen LogP contribution in [0.4, 0.5) is 4.79 Å². The van der Waals surface area contributed by atoms with E-state index >= 15 is 0 Å². The van der Waals surface area contributed by atoms with Crippen molar-refractivity contribution in [1.29, 1.82) is 0 Å². The minimum Gasteiger partial charge on any atom is -0.338 e. The van der Waals surface area contributed by atoms with Crippen molar-refractivity contribution in [1.82, 2.24) is 15.1 Å². The zero-order chi connectivity index (χ0) is 16.1. The summed E-state index contributed by atoms with van der Waals surface area (Å²) < 4.78 is 0. The van der Waals surface area contributed by atoms with Crippen LogP contribution in [0.1, 0.15) is 37.7 Å². The Balaban J connectivity index is 1.49. The zero-order valence-electron chi connectivity index (χ0n) is 14.3. The summed E-state index contributed by atoms with van der Waals surface area (Å²) >= 11 is 0.